The average molecular weight is 728 g/mol. The Kier molecular flexibility index (Phi) is 10.4. The van der Waals surface area contributed by atoms with Gasteiger partial charge >= 0.3 is 0 Å². The van der Waals surface area contributed by atoms with Crippen LogP contribution in [0.3, 0.4) is 0 Å². The Balaban J connectivity index is 1.26. The zero-order chi connectivity index (χ0) is 32.8. The summed E-state index contributed by atoms with van der Waals surface area (Å²) < 4.78 is 34.9. The average Bonchev–Trinajstić information content (AvgIpc) is 3.51. The van der Waals surface area contributed by atoms with E-state index in [4.69, 9.17) is 16.3 Å². The smallest absolute Gasteiger partial charge is 0.289 e. The van der Waals surface area contributed by atoms with E-state index in [1.165, 1.54) is 0 Å². The number of carbonyl (C=O) groups excluding carboxylic acids is 2. The molecule has 0 unspecified atom stereocenters. The maximum atomic E-state index is 13.4. The molecule has 1 aliphatic rings. The molecule has 46 heavy (non-hydrogen) atoms. The Morgan fingerprint density at radius 1 is 1.00 bits per heavy atom. The van der Waals surface area contributed by atoms with Gasteiger partial charge in [-0.15, -0.1) is 0 Å². The van der Waals surface area contributed by atoms with Gasteiger partial charge in [0.15, 0.2) is 0 Å². The number of nitro benzene ring substituents is 1. The third-order valence-electron chi connectivity index (χ3n) is 7.32. The summed E-state index contributed by atoms with van der Waals surface area (Å²) in [6, 6.07) is 25.4. The molecular formula is C32H28BrClN4O7S. The minimum atomic E-state index is -4.55. The van der Waals surface area contributed by atoms with E-state index in [9.17, 15) is 28.1 Å². The summed E-state index contributed by atoms with van der Waals surface area (Å²) in [5.74, 6) is -0.881. The molecule has 0 spiro atoms. The monoisotopic (exact) mass is 726 g/mol. The van der Waals surface area contributed by atoms with Crippen LogP contribution in [0.2, 0.25) is 5.02 Å². The Morgan fingerprint density at radius 2 is 1.67 bits per heavy atom. The zero-order valence-corrected chi connectivity index (χ0v) is 27.2. The number of halogens is 2. The lowest BCUT2D eigenvalue weighted by atomic mass is 10.0. The molecule has 1 fully saturated rings. The maximum absolute atomic E-state index is 13.4. The van der Waals surface area contributed by atoms with Gasteiger partial charge in [0.1, 0.15) is 22.9 Å². The van der Waals surface area contributed by atoms with Crippen LogP contribution in [0.4, 0.5) is 5.69 Å². The molecule has 14 heteroatoms. The van der Waals surface area contributed by atoms with E-state index in [0.717, 1.165) is 33.8 Å². The number of nitrogens with zero attached hydrogens (tertiary/aromatic N) is 1. The van der Waals surface area contributed by atoms with Crippen LogP contribution in [0.25, 0.3) is 11.1 Å². The maximum Gasteiger partial charge on any atom is 0.289 e. The summed E-state index contributed by atoms with van der Waals surface area (Å²) in [6.45, 7) is 0.381. The highest BCUT2D eigenvalue weighted by molar-refractivity contribution is 9.10. The van der Waals surface area contributed by atoms with E-state index in [1.54, 1.807) is 24.3 Å². The molecule has 1 aliphatic heterocycles. The van der Waals surface area contributed by atoms with E-state index >= 15 is 0 Å². The van der Waals surface area contributed by atoms with Gasteiger partial charge in [-0.05, 0) is 53.1 Å². The standard InChI is InChI=1S/C32H28BrClN4O7S/c33-23-10-6-20(7-11-23)16-29(32(40)37-46(43,44)26-14-15-27(34)30(18-26)38(41)42)36-31(39)28-17-25(19-35-28)45-24-12-8-22(9-13-24)21-4-2-1-3-5-21/h1-15,18,25,28-29,35H,16-17,19H2,(H,36,39)(H,37,40)/t25-,28-,29-/m0/s1. The first-order valence-electron chi connectivity index (χ1n) is 14.1. The van der Waals surface area contributed by atoms with Crippen LogP contribution in [0.1, 0.15) is 12.0 Å². The van der Waals surface area contributed by atoms with Gasteiger partial charge in [-0.3, -0.25) is 19.7 Å². The van der Waals surface area contributed by atoms with Crippen molar-refractivity contribution in [1.29, 1.82) is 0 Å². The van der Waals surface area contributed by atoms with Gasteiger partial charge in [-0.25, -0.2) is 13.1 Å². The summed E-state index contributed by atoms with van der Waals surface area (Å²) in [5, 5.41) is 16.8. The van der Waals surface area contributed by atoms with Gasteiger partial charge in [-0.2, -0.15) is 0 Å². The number of benzene rings is 4. The SMILES string of the molecule is O=C(N[C@@H](Cc1ccc(Br)cc1)C(=O)NS(=O)(=O)c1ccc(Cl)c([N+](=O)[O-])c1)[C@@H]1C[C@H](Oc2ccc(-c3ccccc3)cc2)CN1. The molecule has 5 rings (SSSR count). The minimum Gasteiger partial charge on any atom is -0.489 e. The number of hydrogen-bond donors (Lipinski definition) is 3. The minimum absolute atomic E-state index is 0.0262. The fourth-order valence-electron chi connectivity index (χ4n) is 4.94. The second-order valence-electron chi connectivity index (χ2n) is 10.6. The fourth-order valence-corrected chi connectivity index (χ4v) is 6.43. The first kappa shape index (κ1) is 33.1. The Hall–Kier alpha value is -4.30. The zero-order valence-electron chi connectivity index (χ0n) is 24.1. The van der Waals surface area contributed by atoms with Gasteiger partial charge in [-0.1, -0.05) is 82.1 Å². The molecule has 4 aromatic rings. The van der Waals surface area contributed by atoms with E-state index in [0.29, 0.717) is 24.3 Å². The van der Waals surface area contributed by atoms with Crippen LogP contribution >= 0.6 is 27.5 Å². The van der Waals surface area contributed by atoms with Crippen LogP contribution in [-0.2, 0) is 26.0 Å². The first-order valence-corrected chi connectivity index (χ1v) is 16.7. The molecule has 238 valence electrons. The molecule has 3 atom stereocenters. The second kappa shape index (κ2) is 14.4. The Labute approximate surface area is 278 Å². The van der Waals surface area contributed by atoms with Gasteiger partial charge in [0, 0.05) is 29.9 Å². The highest BCUT2D eigenvalue weighted by Gasteiger charge is 2.34. The van der Waals surface area contributed by atoms with Crippen LogP contribution in [0, 0.1) is 10.1 Å². The quantitative estimate of drug-likeness (QED) is 0.144. The van der Waals surface area contributed by atoms with E-state index in [1.807, 2.05) is 59.3 Å². The summed E-state index contributed by atoms with van der Waals surface area (Å²) in [5.41, 5.74) is 2.15. The van der Waals surface area contributed by atoms with E-state index < -0.39 is 49.4 Å². The van der Waals surface area contributed by atoms with Crippen molar-refractivity contribution >= 4 is 55.1 Å². The molecule has 0 aromatic heterocycles. The molecule has 11 nitrogen and oxygen atoms in total. The number of nitrogens with one attached hydrogen (secondary N) is 3. The van der Waals surface area contributed by atoms with Crippen LogP contribution in [-0.4, -0.2) is 49.9 Å². The predicted octanol–water partition coefficient (Wildman–Crippen LogP) is 5.02. The number of sulfonamides is 1. The van der Waals surface area contributed by atoms with Crippen LogP contribution in [0.15, 0.2) is 106 Å². The van der Waals surface area contributed by atoms with Crippen molar-refractivity contribution in [3.8, 4) is 16.9 Å². The van der Waals surface area contributed by atoms with Gasteiger partial charge in [0.2, 0.25) is 5.91 Å². The van der Waals surface area contributed by atoms with Crippen molar-refractivity contribution in [3.05, 3.63) is 122 Å². The van der Waals surface area contributed by atoms with Gasteiger partial charge < -0.3 is 15.4 Å². The van der Waals surface area contributed by atoms with Crippen molar-refractivity contribution in [2.45, 2.75) is 35.9 Å². The number of rotatable bonds is 11. The van der Waals surface area contributed by atoms with Crippen molar-refractivity contribution in [2.75, 3.05) is 6.54 Å². The molecule has 4 aromatic carbocycles. The molecule has 1 heterocycles. The number of carbonyl (C=O) groups is 2. The topological polar surface area (TPSA) is 157 Å². The predicted molar refractivity (Wildman–Crippen MR) is 176 cm³/mol. The third-order valence-corrected chi connectivity index (χ3v) is 9.51. The van der Waals surface area contributed by atoms with Gasteiger partial charge in [0.25, 0.3) is 21.6 Å². The molecule has 0 saturated carbocycles. The van der Waals surface area contributed by atoms with Crippen molar-refractivity contribution in [3.63, 3.8) is 0 Å². The normalized spacial score (nSPS) is 16.7. The fraction of sp³-hybridized carbons (Fsp3) is 0.188. The largest absolute Gasteiger partial charge is 0.489 e. The molecule has 1 saturated heterocycles. The lowest BCUT2D eigenvalue weighted by Gasteiger charge is -2.21. The Morgan fingerprint density at radius 3 is 2.35 bits per heavy atom. The third kappa shape index (κ3) is 8.29. The Bertz CT molecular complexity index is 1840. The van der Waals surface area contributed by atoms with Crippen LogP contribution in [0.5, 0.6) is 5.75 Å². The lowest BCUT2D eigenvalue weighted by molar-refractivity contribution is -0.384. The molecule has 0 radical (unpaired) electrons. The number of ether oxygens (including phenoxy) is 1. The van der Waals surface area contributed by atoms with Crippen molar-refractivity contribution in [2.24, 2.45) is 0 Å². The first-order chi connectivity index (χ1) is 22.0. The van der Waals surface area contributed by atoms with Crippen LogP contribution < -0.4 is 20.1 Å². The van der Waals surface area contributed by atoms with E-state index in [-0.39, 0.29) is 17.5 Å². The molecule has 0 bridgehead atoms. The number of nitro groups is 1. The van der Waals surface area contributed by atoms with Gasteiger partial charge in [0.05, 0.1) is 15.9 Å². The lowest BCUT2D eigenvalue weighted by Crippen LogP contribution is -2.53. The van der Waals surface area contributed by atoms with E-state index in [2.05, 4.69) is 26.6 Å². The van der Waals surface area contributed by atoms with Crippen molar-refractivity contribution in [1.82, 2.24) is 15.4 Å². The summed E-state index contributed by atoms with van der Waals surface area (Å²) in [7, 11) is -4.55. The summed E-state index contributed by atoms with van der Waals surface area (Å²) >= 11 is 9.16. The molecule has 0 aliphatic carbocycles. The summed E-state index contributed by atoms with van der Waals surface area (Å²) in [6.07, 6.45) is -0.0363. The number of amides is 2. The highest BCUT2D eigenvalue weighted by atomic mass is 79.9. The second-order valence-corrected chi connectivity index (χ2v) is 13.6. The van der Waals surface area contributed by atoms with Crippen molar-refractivity contribution < 1.29 is 27.7 Å². The highest BCUT2D eigenvalue weighted by Crippen LogP contribution is 2.27. The molecular weight excluding hydrogens is 700 g/mol. The molecule has 2 amide bonds. The molecule has 3 N–H and O–H groups in total. The number of hydrogen-bond acceptors (Lipinski definition) is 8. The summed E-state index contributed by atoms with van der Waals surface area (Å²) in [4.78, 5) is 36.6.